The average Bonchev–Trinajstić information content (AvgIpc) is 3.12. The van der Waals surface area contributed by atoms with E-state index in [2.05, 4.69) is 12.6 Å². The Kier molecular flexibility index (Phi) is 4.21. The topological polar surface area (TPSA) is 39.1 Å². The molecule has 134 valence electrons. The summed E-state index contributed by atoms with van der Waals surface area (Å²) in [7, 11) is -3.66. The summed E-state index contributed by atoms with van der Waals surface area (Å²) in [4.78, 5) is 0.271. The van der Waals surface area contributed by atoms with E-state index in [-0.39, 0.29) is 4.90 Å². The predicted octanol–water partition coefficient (Wildman–Crippen LogP) is 5.25. The number of rotatable bonds is 4. The van der Waals surface area contributed by atoms with Crippen LogP contribution in [-0.4, -0.2) is 12.4 Å². The highest BCUT2D eigenvalue weighted by Gasteiger charge is 2.20. The Morgan fingerprint density at radius 2 is 1.52 bits per heavy atom. The van der Waals surface area contributed by atoms with Gasteiger partial charge in [-0.3, -0.25) is 0 Å². The normalized spacial score (nSPS) is 11.6. The van der Waals surface area contributed by atoms with Gasteiger partial charge in [0, 0.05) is 11.6 Å². The molecule has 0 bridgehead atoms. The van der Waals surface area contributed by atoms with Crippen LogP contribution < -0.4 is 0 Å². The lowest BCUT2D eigenvalue weighted by atomic mass is 9.95. The molecule has 0 aliphatic rings. The van der Waals surface area contributed by atoms with E-state index in [1.165, 1.54) is 3.97 Å². The van der Waals surface area contributed by atoms with Crippen molar-refractivity contribution in [1.82, 2.24) is 3.97 Å². The molecule has 0 aliphatic heterocycles. The van der Waals surface area contributed by atoms with Crippen molar-refractivity contribution in [2.24, 2.45) is 0 Å². The van der Waals surface area contributed by atoms with Crippen molar-refractivity contribution in [3.8, 4) is 0 Å². The average molecular weight is 373 g/mol. The fourth-order valence-corrected chi connectivity index (χ4v) is 4.68. The monoisotopic (exact) mass is 373 g/mol. The number of fused-ring (bicyclic) bond motifs is 1. The zero-order valence-corrected chi connectivity index (χ0v) is 15.8. The Bertz CT molecular complexity index is 1240. The first-order valence-electron chi connectivity index (χ1n) is 8.65. The molecule has 0 saturated carbocycles. The van der Waals surface area contributed by atoms with E-state index in [1.54, 1.807) is 36.5 Å². The summed E-state index contributed by atoms with van der Waals surface area (Å²) in [6.45, 7) is 6.22. The number of nitrogens with zero attached hydrogens (tertiary/aromatic N) is 1. The maximum absolute atomic E-state index is 13.1. The Morgan fingerprint density at radius 3 is 2.19 bits per heavy atom. The molecule has 4 rings (SSSR count). The highest BCUT2D eigenvalue weighted by molar-refractivity contribution is 7.90. The van der Waals surface area contributed by atoms with Crippen LogP contribution in [-0.2, 0) is 10.0 Å². The van der Waals surface area contributed by atoms with E-state index in [0.717, 1.165) is 27.6 Å². The lowest BCUT2D eigenvalue weighted by molar-refractivity contribution is 0.589. The van der Waals surface area contributed by atoms with Crippen LogP contribution in [0.2, 0.25) is 0 Å². The van der Waals surface area contributed by atoms with Gasteiger partial charge in [0.2, 0.25) is 0 Å². The van der Waals surface area contributed by atoms with Crippen LogP contribution in [0.25, 0.3) is 16.5 Å². The minimum Gasteiger partial charge on any atom is -0.241 e. The van der Waals surface area contributed by atoms with E-state index in [9.17, 15) is 8.42 Å². The molecular weight excluding hydrogens is 354 g/mol. The smallest absolute Gasteiger partial charge is 0.241 e. The maximum atomic E-state index is 13.1. The third-order valence-electron chi connectivity index (χ3n) is 4.66. The first-order valence-corrected chi connectivity index (χ1v) is 10.1. The number of hydrogen-bond acceptors (Lipinski definition) is 2. The number of hydrogen-bond donors (Lipinski definition) is 0. The molecule has 1 aromatic heterocycles. The molecule has 0 aliphatic carbocycles. The molecule has 1 heterocycles. The van der Waals surface area contributed by atoms with E-state index < -0.39 is 10.0 Å². The predicted molar refractivity (Wildman–Crippen MR) is 110 cm³/mol. The van der Waals surface area contributed by atoms with E-state index in [0.29, 0.717) is 5.52 Å². The summed E-state index contributed by atoms with van der Waals surface area (Å²) >= 11 is 0. The number of benzene rings is 3. The number of aryl methyl sites for hydroxylation is 1. The Morgan fingerprint density at radius 1 is 0.889 bits per heavy atom. The SMILES string of the molecule is C=C(c1ccccc1)c1cc(C)cc2c1ccn2S(=O)(=O)c1ccccc1. The summed E-state index contributed by atoms with van der Waals surface area (Å²) in [5, 5.41) is 0.869. The molecule has 0 radical (unpaired) electrons. The fourth-order valence-electron chi connectivity index (χ4n) is 3.32. The van der Waals surface area contributed by atoms with Gasteiger partial charge in [0.1, 0.15) is 0 Å². The quantitative estimate of drug-likeness (QED) is 0.490. The third kappa shape index (κ3) is 2.98. The van der Waals surface area contributed by atoms with Crippen molar-refractivity contribution in [1.29, 1.82) is 0 Å². The minimum absolute atomic E-state index is 0.271. The van der Waals surface area contributed by atoms with Gasteiger partial charge in [0.25, 0.3) is 10.0 Å². The molecule has 3 nitrogen and oxygen atoms in total. The van der Waals surface area contributed by atoms with Crippen LogP contribution in [0, 0.1) is 6.92 Å². The first kappa shape index (κ1) is 17.3. The summed E-state index contributed by atoms with van der Waals surface area (Å²) in [6, 6.07) is 24.2. The van der Waals surface area contributed by atoms with Crippen molar-refractivity contribution < 1.29 is 8.42 Å². The molecular formula is C23H19NO2S. The highest BCUT2D eigenvalue weighted by Crippen LogP contribution is 2.32. The van der Waals surface area contributed by atoms with Crippen LogP contribution in [0.1, 0.15) is 16.7 Å². The Hall–Kier alpha value is -3.11. The standard InChI is InChI=1S/C23H19NO2S/c1-17-15-22(18(2)19-9-5-3-6-10-19)21-13-14-24(23(21)16-17)27(25,26)20-11-7-4-8-12-20/h3-16H,2H2,1H3. The molecule has 0 N–H and O–H groups in total. The van der Waals surface area contributed by atoms with Gasteiger partial charge in [-0.15, -0.1) is 0 Å². The van der Waals surface area contributed by atoms with Crippen molar-refractivity contribution >= 4 is 26.5 Å². The van der Waals surface area contributed by atoms with Crippen LogP contribution >= 0.6 is 0 Å². The van der Waals surface area contributed by atoms with Crippen molar-refractivity contribution in [2.75, 3.05) is 0 Å². The molecule has 0 spiro atoms. The second-order valence-corrected chi connectivity index (χ2v) is 8.33. The Balaban J connectivity index is 1.93. The molecule has 0 atom stereocenters. The summed E-state index contributed by atoms with van der Waals surface area (Å²) in [6.07, 6.45) is 1.62. The molecule has 4 aromatic rings. The highest BCUT2D eigenvalue weighted by atomic mass is 32.2. The van der Waals surface area contributed by atoms with Gasteiger partial charge in [-0.05, 0) is 53.5 Å². The third-order valence-corrected chi connectivity index (χ3v) is 6.37. The van der Waals surface area contributed by atoms with E-state index in [1.807, 2.05) is 49.4 Å². The van der Waals surface area contributed by atoms with Crippen LogP contribution in [0.15, 0.2) is 96.5 Å². The van der Waals surface area contributed by atoms with E-state index in [4.69, 9.17) is 0 Å². The van der Waals surface area contributed by atoms with Crippen LogP contribution in [0.4, 0.5) is 0 Å². The maximum Gasteiger partial charge on any atom is 0.268 e. The molecule has 4 heteroatoms. The summed E-state index contributed by atoms with van der Waals surface area (Å²) in [5.74, 6) is 0. The Labute approximate surface area is 159 Å². The minimum atomic E-state index is -3.66. The van der Waals surface area contributed by atoms with Gasteiger partial charge in [-0.1, -0.05) is 61.2 Å². The zero-order valence-electron chi connectivity index (χ0n) is 15.0. The van der Waals surface area contributed by atoms with Gasteiger partial charge < -0.3 is 0 Å². The van der Waals surface area contributed by atoms with Crippen LogP contribution in [0.3, 0.4) is 0 Å². The second kappa shape index (κ2) is 6.56. The molecule has 27 heavy (non-hydrogen) atoms. The molecule has 0 saturated heterocycles. The van der Waals surface area contributed by atoms with Gasteiger partial charge >= 0.3 is 0 Å². The van der Waals surface area contributed by atoms with Crippen LogP contribution in [0.5, 0.6) is 0 Å². The van der Waals surface area contributed by atoms with Gasteiger partial charge in [0.05, 0.1) is 10.4 Å². The van der Waals surface area contributed by atoms with E-state index >= 15 is 0 Å². The summed E-state index contributed by atoms with van der Waals surface area (Å²) < 4.78 is 27.6. The second-order valence-electron chi connectivity index (χ2n) is 6.52. The lowest BCUT2D eigenvalue weighted by Gasteiger charge is -2.12. The van der Waals surface area contributed by atoms with Crippen molar-refractivity contribution in [3.63, 3.8) is 0 Å². The zero-order chi connectivity index (χ0) is 19.0. The van der Waals surface area contributed by atoms with Crippen molar-refractivity contribution in [2.45, 2.75) is 11.8 Å². The van der Waals surface area contributed by atoms with Gasteiger partial charge in [0.15, 0.2) is 0 Å². The van der Waals surface area contributed by atoms with Gasteiger partial charge in [-0.25, -0.2) is 12.4 Å². The number of aromatic nitrogens is 1. The summed E-state index contributed by atoms with van der Waals surface area (Å²) in [5.41, 5.74) is 4.48. The molecule has 3 aromatic carbocycles. The molecule has 0 unspecified atom stereocenters. The molecule has 0 amide bonds. The first-order chi connectivity index (χ1) is 13.0. The van der Waals surface area contributed by atoms with Crippen molar-refractivity contribution in [3.05, 3.63) is 108 Å². The largest absolute Gasteiger partial charge is 0.268 e. The van der Waals surface area contributed by atoms with Gasteiger partial charge in [-0.2, -0.15) is 0 Å². The molecule has 0 fully saturated rings. The lowest BCUT2D eigenvalue weighted by Crippen LogP contribution is -2.11. The fraction of sp³-hybridized carbons (Fsp3) is 0.0435.